The van der Waals surface area contributed by atoms with Crippen molar-refractivity contribution >= 4 is 18.0 Å². The van der Waals surface area contributed by atoms with E-state index in [0.717, 1.165) is 22.3 Å². The monoisotopic (exact) mass is 450 g/mol. The lowest BCUT2D eigenvalue weighted by Crippen LogP contribution is -2.50. The van der Waals surface area contributed by atoms with Crippen molar-refractivity contribution in [3.8, 4) is 11.1 Å². The molecule has 0 fully saturated rings. The van der Waals surface area contributed by atoms with Gasteiger partial charge in [0.15, 0.2) is 0 Å². The van der Waals surface area contributed by atoms with Gasteiger partial charge in [0, 0.05) is 12.5 Å². The van der Waals surface area contributed by atoms with Gasteiger partial charge >= 0.3 is 12.1 Å². The normalized spacial score (nSPS) is 12.9. The van der Waals surface area contributed by atoms with Gasteiger partial charge in [-0.3, -0.25) is 9.59 Å². The van der Waals surface area contributed by atoms with Crippen LogP contribution in [0.1, 0.15) is 43.2 Å². The second-order valence-electron chi connectivity index (χ2n) is 8.04. The second kappa shape index (κ2) is 11.3. The predicted molar refractivity (Wildman–Crippen MR) is 126 cm³/mol. The van der Waals surface area contributed by atoms with Crippen LogP contribution < -0.4 is 5.32 Å². The van der Waals surface area contributed by atoms with Gasteiger partial charge in [0.1, 0.15) is 19.2 Å². The number of aliphatic carboxylic acids is 1. The molecule has 0 aromatic heterocycles. The molecule has 2 aromatic rings. The van der Waals surface area contributed by atoms with Gasteiger partial charge in [-0.25, -0.2) is 4.79 Å². The number of carboxylic acid groups (broad SMARTS) is 1. The van der Waals surface area contributed by atoms with Gasteiger partial charge in [-0.1, -0.05) is 61.5 Å². The highest BCUT2D eigenvalue weighted by Gasteiger charge is 2.30. The molecule has 1 aliphatic carbocycles. The molecule has 7 nitrogen and oxygen atoms in total. The highest BCUT2D eigenvalue weighted by atomic mass is 16.5. The van der Waals surface area contributed by atoms with Crippen molar-refractivity contribution in [2.24, 2.45) is 0 Å². The Bertz CT molecular complexity index is 974. The maximum absolute atomic E-state index is 13.0. The van der Waals surface area contributed by atoms with Crippen molar-refractivity contribution in [2.75, 3.05) is 19.7 Å². The Morgan fingerprint density at radius 2 is 1.73 bits per heavy atom. The topological polar surface area (TPSA) is 95.9 Å². The third kappa shape index (κ3) is 5.80. The molecule has 2 amide bonds. The molecule has 0 saturated heterocycles. The first-order valence-electron chi connectivity index (χ1n) is 11.2. The van der Waals surface area contributed by atoms with Gasteiger partial charge in [-0.05, 0) is 41.5 Å². The number of hydrogen-bond donors (Lipinski definition) is 2. The fraction of sp³-hybridized carbons (Fsp3) is 0.346. The van der Waals surface area contributed by atoms with Crippen LogP contribution in [0, 0.1) is 0 Å². The number of ether oxygens (including phenoxy) is 1. The SMILES string of the molecule is C=CCCC(NC(=O)OCC1c2ccccc2-c2ccccc21)C(=O)N(CCC)CC(=O)O. The van der Waals surface area contributed by atoms with Crippen LogP contribution in [-0.2, 0) is 14.3 Å². The number of alkyl carbamates (subject to hydrolysis) is 1. The van der Waals surface area contributed by atoms with Gasteiger partial charge in [-0.2, -0.15) is 0 Å². The number of hydrogen-bond acceptors (Lipinski definition) is 4. The van der Waals surface area contributed by atoms with E-state index in [4.69, 9.17) is 9.84 Å². The van der Waals surface area contributed by atoms with Crippen LogP contribution in [-0.4, -0.2) is 53.7 Å². The Kier molecular flexibility index (Phi) is 8.24. The van der Waals surface area contributed by atoms with E-state index < -0.39 is 30.6 Å². The van der Waals surface area contributed by atoms with Crippen LogP contribution in [0.2, 0.25) is 0 Å². The number of nitrogens with zero attached hydrogens (tertiary/aromatic N) is 1. The molecule has 0 spiro atoms. The Morgan fingerprint density at radius 3 is 2.27 bits per heavy atom. The molecule has 1 aliphatic rings. The number of benzene rings is 2. The first-order chi connectivity index (χ1) is 16.0. The second-order valence-corrected chi connectivity index (χ2v) is 8.04. The Morgan fingerprint density at radius 1 is 1.12 bits per heavy atom. The van der Waals surface area contributed by atoms with E-state index in [-0.39, 0.29) is 12.5 Å². The number of allylic oxidation sites excluding steroid dienone is 1. The number of carbonyl (C=O) groups excluding carboxylic acids is 2. The van der Waals surface area contributed by atoms with E-state index in [1.807, 2.05) is 43.3 Å². The Hall–Kier alpha value is -3.61. The maximum atomic E-state index is 13.0. The molecule has 174 valence electrons. The average molecular weight is 451 g/mol. The minimum absolute atomic E-state index is 0.0888. The smallest absolute Gasteiger partial charge is 0.407 e. The summed E-state index contributed by atoms with van der Waals surface area (Å²) in [5.74, 6) is -1.62. The lowest BCUT2D eigenvalue weighted by Gasteiger charge is -2.26. The molecular weight excluding hydrogens is 420 g/mol. The predicted octanol–water partition coefficient (Wildman–Crippen LogP) is 4.18. The van der Waals surface area contributed by atoms with Gasteiger partial charge in [-0.15, -0.1) is 6.58 Å². The van der Waals surface area contributed by atoms with Gasteiger partial charge in [0.2, 0.25) is 5.91 Å². The van der Waals surface area contributed by atoms with Crippen molar-refractivity contribution in [3.63, 3.8) is 0 Å². The molecule has 7 heteroatoms. The molecule has 2 N–H and O–H groups in total. The molecule has 3 rings (SSSR count). The molecule has 0 saturated carbocycles. The number of amides is 2. The molecule has 0 heterocycles. The fourth-order valence-corrected chi connectivity index (χ4v) is 4.24. The Labute approximate surface area is 194 Å². The minimum Gasteiger partial charge on any atom is -0.480 e. The molecule has 1 atom stereocenters. The highest BCUT2D eigenvalue weighted by molar-refractivity contribution is 5.88. The fourth-order valence-electron chi connectivity index (χ4n) is 4.24. The van der Waals surface area contributed by atoms with Crippen molar-refractivity contribution in [1.82, 2.24) is 10.2 Å². The van der Waals surface area contributed by atoms with Crippen molar-refractivity contribution in [2.45, 2.75) is 38.1 Å². The van der Waals surface area contributed by atoms with E-state index in [9.17, 15) is 14.4 Å². The number of carbonyl (C=O) groups is 3. The quantitative estimate of drug-likeness (QED) is 0.501. The van der Waals surface area contributed by atoms with E-state index in [2.05, 4.69) is 24.0 Å². The lowest BCUT2D eigenvalue weighted by molar-refractivity contribution is -0.145. The molecule has 2 aromatic carbocycles. The van der Waals surface area contributed by atoms with Gasteiger partial charge in [0.05, 0.1) is 0 Å². The van der Waals surface area contributed by atoms with Crippen LogP contribution in [0.3, 0.4) is 0 Å². The van der Waals surface area contributed by atoms with Crippen LogP contribution in [0.5, 0.6) is 0 Å². The number of rotatable bonds is 11. The molecule has 33 heavy (non-hydrogen) atoms. The van der Waals surface area contributed by atoms with E-state index in [1.54, 1.807) is 6.08 Å². The third-order valence-corrected chi connectivity index (χ3v) is 5.72. The maximum Gasteiger partial charge on any atom is 0.407 e. The van der Waals surface area contributed by atoms with E-state index in [0.29, 0.717) is 25.8 Å². The van der Waals surface area contributed by atoms with Crippen molar-refractivity contribution in [1.29, 1.82) is 0 Å². The summed E-state index contributed by atoms with van der Waals surface area (Å²) >= 11 is 0. The summed E-state index contributed by atoms with van der Waals surface area (Å²) in [6, 6.07) is 15.2. The zero-order valence-electron chi connectivity index (χ0n) is 18.8. The minimum atomic E-state index is -1.10. The first kappa shape index (κ1) is 24.0. The zero-order valence-corrected chi connectivity index (χ0v) is 18.8. The highest BCUT2D eigenvalue weighted by Crippen LogP contribution is 2.44. The van der Waals surface area contributed by atoms with Crippen molar-refractivity contribution in [3.05, 3.63) is 72.3 Å². The summed E-state index contributed by atoms with van der Waals surface area (Å²) in [4.78, 5) is 38.0. The first-order valence-corrected chi connectivity index (χ1v) is 11.2. The van der Waals surface area contributed by atoms with E-state index in [1.165, 1.54) is 4.90 Å². The summed E-state index contributed by atoms with van der Waals surface area (Å²) in [5.41, 5.74) is 4.46. The summed E-state index contributed by atoms with van der Waals surface area (Å²) in [5, 5.41) is 11.8. The average Bonchev–Trinajstić information content (AvgIpc) is 3.13. The summed E-state index contributed by atoms with van der Waals surface area (Å²) in [6.45, 7) is 5.55. The van der Waals surface area contributed by atoms with Gasteiger partial charge < -0.3 is 20.1 Å². The summed E-state index contributed by atoms with van der Waals surface area (Å²) in [6.07, 6.45) is 2.37. The lowest BCUT2D eigenvalue weighted by atomic mass is 9.98. The molecular formula is C26H30N2O5. The molecule has 1 unspecified atom stereocenters. The molecule has 0 bridgehead atoms. The van der Waals surface area contributed by atoms with E-state index >= 15 is 0 Å². The van der Waals surface area contributed by atoms with Crippen LogP contribution in [0.25, 0.3) is 11.1 Å². The van der Waals surface area contributed by atoms with Crippen molar-refractivity contribution < 1.29 is 24.2 Å². The number of carboxylic acids is 1. The zero-order chi connectivity index (χ0) is 23.8. The number of fused-ring (bicyclic) bond motifs is 3. The van der Waals surface area contributed by atoms with Crippen LogP contribution in [0.15, 0.2) is 61.2 Å². The Balaban J connectivity index is 1.69. The molecule has 0 radical (unpaired) electrons. The largest absolute Gasteiger partial charge is 0.480 e. The van der Waals surface area contributed by atoms with Crippen LogP contribution in [0.4, 0.5) is 4.79 Å². The van der Waals surface area contributed by atoms with Crippen LogP contribution >= 0.6 is 0 Å². The summed E-state index contributed by atoms with van der Waals surface area (Å²) in [7, 11) is 0. The molecule has 0 aliphatic heterocycles. The third-order valence-electron chi connectivity index (χ3n) is 5.72. The van der Waals surface area contributed by atoms with Gasteiger partial charge in [0.25, 0.3) is 0 Å². The standard InChI is InChI=1S/C26H30N2O5/c1-3-5-14-23(25(31)28(15-4-2)16-24(29)30)27-26(32)33-17-22-20-12-8-6-10-18(20)19-11-7-9-13-21(19)22/h3,6-13,22-23H,1,4-5,14-17H2,2H3,(H,27,32)(H,29,30). The summed E-state index contributed by atoms with van der Waals surface area (Å²) < 4.78 is 5.56. The number of nitrogens with one attached hydrogen (secondary N) is 1.